The fourth-order valence-corrected chi connectivity index (χ4v) is 6.25. The lowest BCUT2D eigenvalue weighted by Gasteiger charge is -2.16. The van der Waals surface area contributed by atoms with Crippen molar-refractivity contribution in [2.75, 3.05) is 11.8 Å². The van der Waals surface area contributed by atoms with E-state index in [1.807, 2.05) is 50.2 Å². The van der Waals surface area contributed by atoms with E-state index in [0.29, 0.717) is 27.2 Å². The molecular weight excluding hydrogens is 470 g/mol. The van der Waals surface area contributed by atoms with Crippen LogP contribution >= 0.6 is 11.8 Å². The second-order valence-electron chi connectivity index (χ2n) is 8.32. The van der Waals surface area contributed by atoms with E-state index in [1.54, 1.807) is 44.8 Å². The van der Waals surface area contributed by atoms with Gasteiger partial charge in [-0.2, -0.15) is 0 Å². The predicted octanol–water partition coefficient (Wildman–Crippen LogP) is 4.76. The second kappa shape index (κ2) is 8.88. The quantitative estimate of drug-likeness (QED) is 0.415. The highest BCUT2D eigenvalue weighted by Crippen LogP contribution is 2.38. The molecule has 0 saturated carbocycles. The predicted molar refractivity (Wildman–Crippen MR) is 137 cm³/mol. The Bertz CT molecular complexity index is 1570. The SMILES string of the molecule is COc1ccc(Sc2cc3c(cc2NS(=O)(=O)c2cc(C)c(C)cc2C)n(C)c(=O)n3C)cc1. The minimum absolute atomic E-state index is 0.180. The van der Waals surface area contributed by atoms with Crippen molar-refractivity contribution in [1.82, 2.24) is 9.13 Å². The second-order valence-corrected chi connectivity index (χ2v) is 11.1. The molecule has 7 nitrogen and oxygen atoms in total. The van der Waals surface area contributed by atoms with Gasteiger partial charge in [0.05, 0.1) is 28.7 Å². The molecule has 178 valence electrons. The zero-order chi connectivity index (χ0) is 24.8. The van der Waals surface area contributed by atoms with Gasteiger partial charge in [0.1, 0.15) is 5.75 Å². The van der Waals surface area contributed by atoms with Gasteiger partial charge in [0.15, 0.2) is 0 Å². The number of methoxy groups -OCH3 is 1. The van der Waals surface area contributed by atoms with Gasteiger partial charge in [-0.1, -0.05) is 17.8 Å². The average molecular weight is 498 g/mol. The van der Waals surface area contributed by atoms with E-state index >= 15 is 0 Å². The van der Waals surface area contributed by atoms with Crippen LogP contribution in [0, 0.1) is 20.8 Å². The molecule has 0 unspecified atom stereocenters. The number of nitrogens with one attached hydrogen (secondary N) is 1. The first kappa shape index (κ1) is 24.0. The Hall–Kier alpha value is -3.17. The van der Waals surface area contributed by atoms with Crippen LogP contribution < -0.4 is 15.1 Å². The summed E-state index contributed by atoms with van der Waals surface area (Å²) in [5, 5.41) is 0. The molecule has 0 amide bonds. The molecule has 1 aromatic heterocycles. The molecule has 4 rings (SSSR count). The highest BCUT2D eigenvalue weighted by Gasteiger charge is 2.22. The lowest BCUT2D eigenvalue weighted by Crippen LogP contribution is -2.19. The fourth-order valence-electron chi connectivity index (χ4n) is 3.88. The average Bonchev–Trinajstić information content (AvgIpc) is 3.00. The van der Waals surface area contributed by atoms with Gasteiger partial charge in [0, 0.05) is 23.9 Å². The number of imidazole rings is 1. The summed E-state index contributed by atoms with van der Waals surface area (Å²) in [6.45, 7) is 5.64. The van der Waals surface area contributed by atoms with Gasteiger partial charge in [-0.3, -0.25) is 13.9 Å². The van der Waals surface area contributed by atoms with Crippen LogP contribution in [0.15, 0.2) is 68.0 Å². The third kappa shape index (κ3) is 4.33. The molecule has 0 radical (unpaired) electrons. The number of nitrogens with zero attached hydrogens (tertiary/aromatic N) is 2. The van der Waals surface area contributed by atoms with Gasteiger partial charge in [0.25, 0.3) is 10.0 Å². The summed E-state index contributed by atoms with van der Waals surface area (Å²) < 4.78 is 38.0. The smallest absolute Gasteiger partial charge is 0.328 e. The number of sulfonamides is 1. The van der Waals surface area contributed by atoms with Crippen molar-refractivity contribution < 1.29 is 13.2 Å². The molecule has 0 aliphatic rings. The Labute approximate surface area is 203 Å². The number of aryl methyl sites for hydroxylation is 5. The van der Waals surface area contributed by atoms with Gasteiger partial charge >= 0.3 is 5.69 Å². The first-order valence-corrected chi connectivity index (χ1v) is 12.9. The van der Waals surface area contributed by atoms with Crippen molar-refractivity contribution in [3.8, 4) is 5.75 Å². The minimum atomic E-state index is -3.87. The van der Waals surface area contributed by atoms with Crippen molar-refractivity contribution in [1.29, 1.82) is 0 Å². The van der Waals surface area contributed by atoms with E-state index in [1.165, 1.54) is 16.3 Å². The van der Waals surface area contributed by atoms with E-state index in [9.17, 15) is 13.2 Å². The Morgan fingerprint density at radius 2 is 1.44 bits per heavy atom. The summed E-state index contributed by atoms with van der Waals surface area (Å²) in [5.41, 5.74) is 4.20. The summed E-state index contributed by atoms with van der Waals surface area (Å²) >= 11 is 1.41. The van der Waals surface area contributed by atoms with Crippen molar-refractivity contribution >= 4 is 38.5 Å². The maximum absolute atomic E-state index is 13.5. The van der Waals surface area contributed by atoms with Crippen LogP contribution in [0.5, 0.6) is 5.75 Å². The number of aromatic nitrogens is 2. The summed E-state index contributed by atoms with van der Waals surface area (Å²) in [6.07, 6.45) is 0. The third-order valence-corrected chi connectivity index (χ3v) is 8.56. The zero-order valence-corrected chi connectivity index (χ0v) is 21.6. The minimum Gasteiger partial charge on any atom is -0.497 e. The van der Waals surface area contributed by atoms with Crippen LogP contribution in [-0.4, -0.2) is 24.7 Å². The van der Waals surface area contributed by atoms with Crippen LogP contribution in [0.25, 0.3) is 11.0 Å². The van der Waals surface area contributed by atoms with Gasteiger partial charge in [-0.15, -0.1) is 0 Å². The molecule has 0 saturated heterocycles. The van der Waals surface area contributed by atoms with Gasteiger partial charge in [-0.05, 0) is 79.9 Å². The molecular formula is C25H27N3O4S2. The molecule has 9 heteroatoms. The standard InChI is InChI=1S/C25H27N3O4S2/c1-15-11-17(3)24(12-16(15)2)34(30,31)26-20-13-21-22(28(5)25(29)27(21)4)14-23(20)33-19-9-7-18(32-6)8-10-19/h7-14,26H,1-6H3. The Balaban J connectivity index is 1.85. The van der Waals surface area contributed by atoms with Crippen molar-refractivity contribution in [2.45, 2.75) is 35.5 Å². The molecule has 0 atom stereocenters. The van der Waals surface area contributed by atoms with Crippen molar-refractivity contribution in [3.63, 3.8) is 0 Å². The molecule has 0 bridgehead atoms. The summed E-state index contributed by atoms with van der Waals surface area (Å²) in [5.74, 6) is 0.733. The number of hydrogen-bond acceptors (Lipinski definition) is 5. The summed E-state index contributed by atoms with van der Waals surface area (Å²) in [4.78, 5) is 14.4. The maximum atomic E-state index is 13.5. The number of fused-ring (bicyclic) bond motifs is 1. The fraction of sp³-hybridized carbons (Fsp3) is 0.240. The lowest BCUT2D eigenvalue weighted by atomic mass is 10.1. The third-order valence-electron chi connectivity index (χ3n) is 5.99. The topological polar surface area (TPSA) is 82.3 Å². The molecule has 1 N–H and O–H groups in total. The van der Waals surface area contributed by atoms with Crippen molar-refractivity contribution in [3.05, 3.63) is 75.7 Å². The van der Waals surface area contributed by atoms with Crippen molar-refractivity contribution in [2.24, 2.45) is 14.1 Å². The molecule has 3 aromatic carbocycles. The molecule has 0 fully saturated rings. The lowest BCUT2D eigenvalue weighted by molar-refractivity contribution is 0.414. The normalized spacial score (nSPS) is 11.7. The first-order valence-electron chi connectivity index (χ1n) is 10.6. The first-order chi connectivity index (χ1) is 16.0. The summed E-state index contributed by atoms with van der Waals surface area (Å²) in [7, 11) is 1.11. The number of rotatable bonds is 6. The number of hydrogen-bond donors (Lipinski definition) is 1. The van der Waals surface area contributed by atoms with Crippen LogP contribution in [-0.2, 0) is 24.1 Å². The van der Waals surface area contributed by atoms with Crippen LogP contribution in [0.2, 0.25) is 0 Å². The van der Waals surface area contributed by atoms with E-state index < -0.39 is 10.0 Å². The van der Waals surface area contributed by atoms with Gasteiger partial charge in [0.2, 0.25) is 0 Å². The van der Waals surface area contributed by atoms with Gasteiger partial charge in [-0.25, -0.2) is 13.2 Å². The monoisotopic (exact) mass is 497 g/mol. The molecule has 34 heavy (non-hydrogen) atoms. The molecule has 0 spiro atoms. The molecule has 4 aromatic rings. The van der Waals surface area contributed by atoms with E-state index in [-0.39, 0.29) is 10.6 Å². The molecule has 1 heterocycles. The molecule has 0 aliphatic heterocycles. The highest BCUT2D eigenvalue weighted by atomic mass is 32.2. The number of benzene rings is 3. The number of ether oxygens (including phenoxy) is 1. The Kier molecular flexibility index (Phi) is 6.26. The van der Waals surface area contributed by atoms with E-state index in [2.05, 4.69) is 4.72 Å². The largest absolute Gasteiger partial charge is 0.497 e. The molecule has 0 aliphatic carbocycles. The van der Waals surface area contributed by atoms with Crippen LogP contribution in [0.4, 0.5) is 5.69 Å². The zero-order valence-electron chi connectivity index (χ0n) is 20.0. The Morgan fingerprint density at radius 1 is 0.853 bits per heavy atom. The Morgan fingerprint density at radius 3 is 2.06 bits per heavy atom. The highest BCUT2D eigenvalue weighted by molar-refractivity contribution is 7.99. The summed E-state index contributed by atoms with van der Waals surface area (Å²) in [6, 6.07) is 14.6. The van der Waals surface area contributed by atoms with Gasteiger partial charge < -0.3 is 4.74 Å². The maximum Gasteiger partial charge on any atom is 0.328 e. The van der Waals surface area contributed by atoms with E-state index in [0.717, 1.165) is 21.8 Å². The number of anilines is 1. The van der Waals surface area contributed by atoms with Crippen LogP contribution in [0.3, 0.4) is 0 Å². The van der Waals surface area contributed by atoms with E-state index in [4.69, 9.17) is 4.74 Å². The van der Waals surface area contributed by atoms with Crippen LogP contribution in [0.1, 0.15) is 16.7 Å².